The number of nitrogens with one attached hydrogen (secondary N) is 2. The predicted molar refractivity (Wildman–Crippen MR) is 180 cm³/mol. The molecule has 1 aliphatic heterocycles. The van der Waals surface area contributed by atoms with Crippen LogP contribution in [0.1, 0.15) is 90.6 Å². The molecule has 1 fully saturated rings. The van der Waals surface area contributed by atoms with Gasteiger partial charge < -0.3 is 25.2 Å². The second-order valence-electron chi connectivity index (χ2n) is 9.40. The molecule has 0 spiro atoms. The number of halogens is 1. The van der Waals surface area contributed by atoms with Crippen molar-refractivity contribution in [3.8, 4) is 0 Å². The van der Waals surface area contributed by atoms with Gasteiger partial charge >= 0.3 is 0 Å². The van der Waals surface area contributed by atoms with Gasteiger partial charge in [-0.15, -0.1) is 0 Å². The number of anilines is 2. The highest BCUT2D eigenvalue weighted by Crippen LogP contribution is 2.41. The van der Waals surface area contributed by atoms with Crippen molar-refractivity contribution in [2.24, 2.45) is 7.05 Å². The van der Waals surface area contributed by atoms with Crippen molar-refractivity contribution in [3.63, 3.8) is 0 Å². The summed E-state index contributed by atoms with van der Waals surface area (Å²) in [6.45, 7) is 19.2. The van der Waals surface area contributed by atoms with Crippen LogP contribution in [0.4, 0.5) is 15.9 Å². The van der Waals surface area contributed by atoms with Gasteiger partial charge in [-0.3, -0.25) is 19.0 Å². The summed E-state index contributed by atoms with van der Waals surface area (Å²) >= 11 is 0. The highest BCUT2D eigenvalue weighted by atomic mass is 19.1. The molecule has 1 aromatic heterocycles. The molecular formula is C34H52FN5O4. The van der Waals surface area contributed by atoms with Crippen molar-refractivity contribution in [2.75, 3.05) is 23.4 Å². The van der Waals surface area contributed by atoms with Crippen LogP contribution in [-0.2, 0) is 16.6 Å². The van der Waals surface area contributed by atoms with E-state index in [9.17, 15) is 18.8 Å². The average molecular weight is 614 g/mol. The third-order valence-electron chi connectivity index (χ3n) is 6.47. The minimum atomic E-state index is -0.520. The Balaban J connectivity index is 0.00000290. The maximum atomic E-state index is 15.0. The van der Waals surface area contributed by atoms with Crippen LogP contribution in [0.2, 0.25) is 0 Å². The number of pyridine rings is 1. The third kappa shape index (κ3) is 10.2. The molecule has 0 saturated heterocycles. The molecule has 1 aromatic rings. The van der Waals surface area contributed by atoms with E-state index < -0.39 is 5.83 Å². The molecule has 244 valence electrons. The first kappa shape index (κ1) is 39.8. The highest BCUT2D eigenvalue weighted by molar-refractivity contribution is 6.07. The van der Waals surface area contributed by atoms with E-state index in [0.29, 0.717) is 23.4 Å². The van der Waals surface area contributed by atoms with Crippen LogP contribution in [0.3, 0.4) is 0 Å². The average Bonchev–Trinajstić information content (AvgIpc) is 3.88. The van der Waals surface area contributed by atoms with E-state index in [1.807, 2.05) is 69.4 Å². The van der Waals surface area contributed by atoms with E-state index in [1.54, 1.807) is 46.0 Å². The van der Waals surface area contributed by atoms with Gasteiger partial charge in [0.05, 0.1) is 18.1 Å². The van der Waals surface area contributed by atoms with Crippen molar-refractivity contribution in [2.45, 2.75) is 87.6 Å². The normalized spacial score (nSPS) is 15.1. The second-order valence-corrected chi connectivity index (χ2v) is 9.40. The summed E-state index contributed by atoms with van der Waals surface area (Å²) in [5, 5.41) is 5.85. The number of fused-ring (bicyclic) bond motifs is 1. The van der Waals surface area contributed by atoms with Crippen molar-refractivity contribution in [1.82, 2.24) is 14.8 Å². The van der Waals surface area contributed by atoms with Crippen molar-refractivity contribution < 1.29 is 18.8 Å². The monoisotopic (exact) mass is 613 g/mol. The number of aromatic nitrogens is 1. The number of amides is 2. The van der Waals surface area contributed by atoms with Crippen molar-refractivity contribution in [3.05, 3.63) is 81.2 Å². The summed E-state index contributed by atoms with van der Waals surface area (Å²) in [6.07, 6.45) is 14.6. The molecule has 0 radical (unpaired) electrons. The molecule has 1 aliphatic carbocycles. The van der Waals surface area contributed by atoms with Gasteiger partial charge in [0.25, 0.3) is 11.5 Å². The molecule has 2 N–H and O–H groups in total. The number of carbonyl (C=O) groups is 3. The molecular weight excluding hydrogens is 561 g/mol. The molecule has 0 aromatic carbocycles. The molecule has 3 rings (SSSR count). The first-order valence-corrected chi connectivity index (χ1v) is 15.3. The summed E-state index contributed by atoms with van der Waals surface area (Å²) in [5.74, 6) is -0.651. The van der Waals surface area contributed by atoms with Crippen LogP contribution in [-0.4, -0.2) is 47.3 Å². The Morgan fingerprint density at radius 2 is 1.64 bits per heavy atom. The lowest BCUT2D eigenvalue weighted by Gasteiger charge is -2.40. The quantitative estimate of drug-likeness (QED) is 0.286. The molecule has 0 unspecified atom stereocenters. The lowest BCUT2D eigenvalue weighted by atomic mass is 10.0. The van der Waals surface area contributed by atoms with Gasteiger partial charge in [0.2, 0.25) is 5.91 Å². The van der Waals surface area contributed by atoms with Gasteiger partial charge in [-0.05, 0) is 64.3 Å². The molecule has 0 bridgehead atoms. The number of hydrogen-bond acceptors (Lipinski definition) is 6. The minimum Gasteiger partial charge on any atom is -0.353 e. The Morgan fingerprint density at radius 3 is 2.14 bits per heavy atom. The molecule has 0 atom stereocenters. The summed E-state index contributed by atoms with van der Waals surface area (Å²) in [4.78, 5) is 50.7. The largest absolute Gasteiger partial charge is 0.353 e. The van der Waals surface area contributed by atoms with Crippen LogP contribution in [0.5, 0.6) is 0 Å². The molecule has 2 heterocycles. The van der Waals surface area contributed by atoms with Crippen molar-refractivity contribution >= 4 is 30.1 Å². The van der Waals surface area contributed by atoms with Crippen LogP contribution < -0.4 is 21.1 Å². The van der Waals surface area contributed by atoms with Gasteiger partial charge in [0.1, 0.15) is 24.0 Å². The van der Waals surface area contributed by atoms with E-state index in [4.69, 9.17) is 4.79 Å². The first-order chi connectivity index (χ1) is 21.2. The number of allylic oxidation sites excluding steroid dienone is 7. The summed E-state index contributed by atoms with van der Waals surface area (Å²) in [7, 11) is 1.58. The molecule has 44 heavy (non-hydrogen) atoms. The molecule has 1 saturated carbocycles. The minimum absolute atomic E-state index is 0.0978. The Hall–Kier alpha value is -4.21. The summed E-state index contributed by atoms with van der Waals surface area (Å²) in [6, 6.07) is 0.0978. The number of carbonyl (C=O) groups excluding carboxylic acids is 3. The second kappa shape index (κ2) is 20.7. The first-order valence-electron chi connectivity index (χ1n) is 15.3. The van der Waals surface area contributed by atoms with Crippen LogP contribution in [0.15, 0.2) is 64.5 Å². The Labute approximate surface area is 262 Å². The molecule has 10 heteroatoms. The SMILES string of the molecule is C=O.CC.CC.C\C=C/C(Nc1c2c(c(C)c(=O)n1C)N(C(/C=C\CC)=C/CNC(C)=O)CN(C1CC1)C2=O)=C(F)\C=C\C. The van der Waals surface area contributed by atoms with E-state index in [2.05, 4.69) is 10.6 Å². The van der Waals surface area contributed by atoms with Gasteiger partial charge in [-0.1, -0.05) is 52.8 Å². The molecule has 9 nitrogen and oxygen atoms in total. The number of rotatable bonds is 10. The lowest BCUT2D eigenvalue weighted by molar-refractivity contribution is -0.118. The fourth-order valence-corrected chi connectivity index (χ4v) is 4.43. The number of nitrogens with zero attached hydrogens (tertiary/aromatic N) is 3. The smallest absolute Gasteiger partial charge is 0.261 e. The van der Waals surface area contributed by atoms with Gasteiger partial charge in [0, 0.05) is 37.8 Å². The van der Waals surface area contributed by atoms with Gasteiger partial charge in [-0.2, -0.15) is 0 Å². The summed E-state index contributed by atoms with van der Waals surface area (Å²) < 4.78 is 16.3. The van der Waals surface area contributed by atoms with Crippen LogP contribution in [0, 0.1) is 6.92 Å². The third-order valence-corrected chi connectivity index (χ3v) is 6.47. The predicted octanol–water partition coefficient (Wildman–Crippen LogP) is 6.67. The Kier molecular flexibility index (Phi) is 18.7. The summed E-state index contributed by atoms with van der Waals surface area (Å²) in [5.41, 5.74) is 1.81. The topological polar surface area (TPSA) is 104 Å². The van der Waals surface area contributed by atoms with Crippen LogP contribution in [0.25, 0.3) is 0 Å². The Morgan fingerprint density at radius 1 is 1.05 bits per heavy atom. The molecule has 2 amide bonds. The Bertz CT molecular complexity index is 1320. The van der Waals surface area contributed by atoms with Gasteiger partial charge in [-0.25, -0.2) is 4.39 Å². The maximum absolute atomic E-state index is 15.0. The van der Waals surface area contributed by atoms with E-state index in [0.717, 1.165) is 25.0 Å². The van der Waals surface area contributed by atoms with E-state index in [-0.39, 0.29) is 41.6 Å². The van der Waals surface area contributed by atoms with Gasteiger partial charge in [0.15, 0.2) is 0 Å². The lowest BCUT2D eigenvalue weighted by Crippen LogP contribution is -2.49. The zero-order chi connectivity index (χ0) is 34.0. The fourth-order valence-electron chi connectivity index (χ4n) is 4.43. The molecule has 2 aliphatic rings. The van der Waals surface area contributed by atoms with E-state index >= 15 is 0 Å². The van der Waals surface area contributed by atoms with Crippen molar-refractivity contribution in [1.29, 1.82) is 0 Å². The zero-order valence-electron chi connectivity index (χ0n) is 28.2. The number of hydrogen-bond donors (Lipinski definition) is 2. The highest BCUT2D eigenvalue weighted by Gasteiger charge is 2.42. The standard InChI is InChI=1S/C29H38FN5O3.2C2H6.CH2O/c1-7-10-13-21(16-17-31-20(5)36)34-18-35(22-14-15-22)29(38)25-26(34)19(4)28(37)33(6)27(25)32-24(12-9-3)23(30)11-8-2;3*1-2/h8-13,16,22,32H,7,14-15,17-18H2,1-6H3,(H,31,36);2*1-2H3;1H2/b11-8+,12-9-,13-10-,21-16+,24-23-;;;. The fraction of sp³-hybridized carbons (Fsp3) is 0.471. The zero-order valence-corrected chi connectivity index (χ0v) is 28.2. The maximum Gasteiger partial charge on any atom is 0.261 e. The van der Waals surface area contributed by atoms with E-state index in [1.165, 1.54) is 17.6 Å². The van der Waals surface area contributed by atoms with Crippen LogP contribution >= 0.6 is 0 Å².